The van der Waals surface area contributed by atoms with E-state index in [-0.39, 0.29) is 18.0 Å². The average molecular weight is 383 g/mol. The second-order valence-electron chi connectivity index (χ2n) is 6.68. The molecule has 1 saturated heterocycles. The highest BCUT2D eigenvalue weighted by Gasteiger charge is 2.51. The first-order chi connectivity index (χ1) is 11.1. The highest BCUT2D eigenvalue weighted by atomic mass is 79.9. The molecule has 5 nitrogen and oxygen atoms in total. The summed E-state index contributed by atoms with van der Waals surface area (Å²) >= 11 is 3.43. The van der Waals surface area contributed by atoms with Gasteiger partial charge in [0.25, 0.3) is 0 Å². The molecule has 2 heterocycles. The van der Waals surface area contributed by atoms with Crippen molar-refractivity contribution in [2.75, 3.05) is 26.8 Å². The minimum Gasteiger partial charge on any atom is -0.467 e. The summed E-state index contributed by atoms with van der Waals surface area (Å²) in [5, 5.41) is 3.52. The molecule has 1 aromatic heterocycles. The van der Waals surface area contributed by atoms with Crippen LogP contribution in [-0.2, 0) is 19.9 Å². The number of methoxy groups -OCH3 is 1. The third kappa shape index (κ3) is 3.59. The largest absolute Gasteiger partial charge is 0.467 e. The van der Waals surface area contributed by atoms with E-state index in [0.717, 1.165) is 42.5 Å². The standard InChI is InChI=1S/C17H23BrN2O3/c1-22-15(21)10-23-17(14-4-3-13(18)9-20-14)7-6-16(11-17)5-2-8-19-12-16/h3-4,9,19H,2,5-8,10-12H2,1H3. The summed E-state index contributed by atoms with van der Waals surface area (Å²) in [5.74, 6) is -0.343. The summed E-state index contributed by atoms with van der Waals surface area (Å²) in [4.78, 5) is 16.1. The lowest BCUT2D eigenvalue weighted by Gasteiger charge is -2.36. The lowest BCUT2D eigenvalue weighted by molar-refractivity contribution is -0.155. The van der Waals surface area contributed by atoms with E-state index in [2.05, 4.69) is 26.2 Å². The summed E-state index contributed by atoms with van der Waals surface area (Å²) in [6, 6.07) is 3.98. The van der Waals surface area contributed by atoms with Crippen LogP contribution >= 0.6 is 15.9 Å². The van der Waals surface area contributed by atoms with Crippen molar-refractivity contribution < 1.29 is 14.3 Å². The minimum atomic E-state index is -0.492. The lowest BCUT2D eigenvalue weighted by Crippen LogP contribution is -2.40. The van der Waals surface area contributed by atoms with Crippen LogP contribution < -0.4 is 5.32 Å². The third-order valence-electron chi connectivity index (χ3n) is 5.17. The predicted molar refractivity (Wildman–Crippen MR) is 90.0 cm³/mol. The van der Waals surface area contributed by atoms with Gasteiger partial charge in [-0.15, -0.1) is 0 Å². The molecule has 3 rings (SSSR count). The Morgan fingerprint density at radius 2 is 2.26 bits per heavy atom. The zero-order chi connectivity index (χ0) is 16.3. The number of pyridine rings is 1. The molecule has 1 aliphatic carbocycles. The first kappa shape index (κ1) is 16.9. The number of rotatable bonds is 4. The van der Waals surface area contributed by atoms with Crippen LogP contribution in [0.3, 0.4) is 0 Å². The molecule has 0 aromatic carbocycles. The average Bonchev–Trinajstić information content (AvgIpc) is 2.93. The van der Waals surface area contributed by atoms with E-state index in [1.54, 1.807) is 6.20 Å². The first-order valence-corrected chi connectivity index (χ1v) is 8.90. The summed E-state index contributed by atoms with van der Waals surface area (Å²) in [6.45, 7) is 2.08. The number of nitrogens with zero attached hydrogens (tertiary/aromatic N) is 1. The molecule has 1 aromatic rings. The molecule has 6 heteroatoms. The Morgan fingerprint density at radius 1 is 1.39 bits per heavy atom. The molecule has 1 saturated carbocycles. The van der Waals surface area contributed by atoms with Gasteiger partial charge in [0.1, 0.15) is 12.2 Å². The van der Waals surface area contributed by atoms with E-state index in [4.69, 9.17) is 9.47 Å². The van der Waals surface area contributed by atoms with Gasteiger partial charge in [-0.05, 0) is 72.1 Å². The van der Waals surface area contributed by atoms with Gasteiger partial charge in [0.05, 0.1) is 12.8 Å². The van der Waals surface area contributed by atoms with Crippen molar-refractivity contribution in [3.05, 3.63) is 28.5 Å². The van der Waals surface area contributed by atoms with Crippen LogP contribution in [-0.4, -0.2) is 37.8 Å². The Balaban J connectivity index is 1.85. The van der Waals surface area contributed by atoms with Crippen molar-refractivity contribution in [3.8, 4) is 0 Å². The zero-order valence-electron chi connectivity index (χ0n) is 13.4. The maximum Gasteiger partial charge on any atom is 0.331 e. The summed E-state index contributed by atoms with van der Waals surface area (Å²) in [5.41, 5.74) is 0.670. The second-order valence-corrected chi connectivity index (χ2v) is 7.59. The number of aromatic nitrogens is 1. The molecule has 2 aliphatic rings. The quantitative estimate of drug-likeness (QED) is 0.811. The first-order valence-electron chi connectivity index (χ1n) is 8.11. The number of hydrogen-bond donors (Lipinski definition) is 1. The Morgan fingerprint density at radius 3 is 2.91 bits per heavy atom. The van der Waals surface area contributed by atoms with E-state index in [1.165, 1.54) is 20.0 Å². The van der Waals surface area contributed by atoms with Crippen LogP contribution in [0, 0.1) is 5.41 Å². The molecular weight excluding hydrogens is 360 g/mol. The van der Waals surface area contributed by atoms with E-state index in [0.29, 0.717) is 0 Å². The fraction of sp³-hybridized carbons (Fsp3) is 0.647. The van der Waals surface area contributed by atoms with Gasteiger partial charge in [-0.25, -0.2) is 4.79 Å². The fourth-order valence-corrected chi connectivity index (χ4v) is 4.20. The number of ether oxygens (including phenoxy) is 2. The normalized spacial score (nSPS) is 30.5. The minimum absolute atomic E-state index is 0.0300. The molecule has 1 spiro atoms. The lowest BCUT2D eigenvalue weighted by atomic mass is 9.77. The topological polar surface area (TPSA) is 60.5 Å². The van der Waals surface area contributed by atoms with Crippen molar-refractivity contribution in [1.82, 2.24) is 10.3 Å². The molecule has 2 atom stereocenters. The van der Waals surface area contributed by atoms with Crippen molar-refractivity contribution in [2.45, 2.75) is 37.7 Å². The maximum absolute atomic E-state index is 11.6. The highest BCUT2D eigenvalue weighted by Crippen LogP contribution is 2.53. The SMILES string of the molecule is COC(=O)COC1(c2ccc(Br)cn2)CCC2(CCCNC2)C1. The Kier molecular flexibility index (Phi) is 5.04. The summed E-state index contributed by atoms with van der Waals surface area (Å²) in [6.07, 6.45) is 7.08. The molecular formula is C17H23BrN2O3. The van der Waals surface area contributed by atoms with Crippen molar-refractivity contribution in [2.24, 2.45) is 5.41 Å². The van der Waals surface area contributed by atoms with Gasteiger partial charge in [-0.2, -0.15) is 0 Å². The van der Waals surface area contributed by atoms with Crippen molar-refractivity contribution in [1.29, 1.82) is 0 Å². The van der Waals surface area contributed by atoms with Crippen LogP contribution in [0.15, 0.2) is 22.8 Å². The van der Waals surface area contributed by atoms with Gasteiger partial charge in [-0.1, -0.05) is 0 Å². The number of carbonyl (C=O) groups excluding carboxylic acids is 1. The van der Waals surface area contributed by atoms with Gasteiger partial charge in [-0.3, -0.25) is 4.98 Å². The number of nitrogens with one attached hydrogen (secondary N) is 1. The fourth-order valence-electron chi connectivity index (χ4n) is 3.96. The van der Waals surface area contributed by atoms with Gasteiger partial charge in [0, 0.05) is 17.2 Å². The monoisotopic (exact) mass is 382 g/mol. The van der Waals surface area contributed by atoms with Gasteiger partial charge in [0.2, 0.25) is 0 Å². The van der Waals surface area contributed by atoms with E-state index in [1.807, 2.05) is 12.1 Å². The van der Waals surface area contributed by atoms with E-state index >= 15 is 0 Å². The van der Waals surface area contributed by atoms with Crippen LogP contribution in [0.2, 0.25) is 0 Å². The van der Waals surface area contributed by atoms with Crippen LogP contribution in [0.1, 0.15) is 37.8 Å². The Bertz CT molecular complexity index is 557. The van der Waals surface area contributed by atoms with E-state index < -0.39 is 5.60 Å². The predicted octanol–water partition coefficient (Wildman–Crippen LogP) is 2.78. The Hall–Kier alpha value is -0.980. The van der Waals surface area contributed by atoms with Crippen molar-refractivity contribution >= 4 is 21.9 Å². The highest BCUT2D eigenvalue weighted by molar-refractivity contribution is 9.10. The molecule has 0 amide bonds. The van der Waals surface area contributed by atoms with E-state index in [9.17, 15) is 4.79 Å². The second kappa shape index (κ2) is 6.87. The number of piperidine rings is 1. The molecule has 1 N–H and O–H groups in total. The van der Waals surface area contributed by atoms with Crippen LogP contribution in [0.5, 0.6) is 0 Å². The molecule has 2 unspecified atom stereocenters. The van der Waals surface area contributed by atoms with Gasteiger partial charge < -0.3 is 14.8 Å². The number of hydrogen-bond acceptors (Lipinski definition) is 5. The molecule has 0 bridgehead atoms. The molecule has 2 fully saturated rings. The van der Waals surface area contributed by atoms with Crippen LogP contribution in [0.25, 0.3) is 0 Å². The number of carbonyl (C=O) groups is 1. The number of esters is 1. The van der Waals surface area contributed by atoms with Gasteiger partial charge in [0.15, 0.2) is 0 Å². The van der Waals surface area contributed by atoms with Gasteiger partial charge >= 0.3 is 5.97 Å². The smallest absolute Gasteiger partial charge is 0.331 e. The molecule has 23 heavy (non-hydrogen) atoms. The Labute approximate surface area is 145 Å². The third-order valence-corrected chi connectivity index (χ3v) is 5.64. The molecule has 1 aliphatic heterocycles. The van der Waals surface area contributed by atoms with Crippen molar-refractivity contribution in [3.63, 3.8) is 0 Å². The molecule has 0 radical (unpaired) electrons. The summed E-state index contributed by atoms with van der Waals surface area (Å²) in [7, 11) is 1.39. The zero-order valence-corrected chi connectivity index (χ0v) is 15.0. The van der Waals surface area contributed by atoms with Crippen LogP contribution in [0.4, 0.5) is 0 Å². The molecule has 126 valence electrons. The number of halogens is 1. The summed E-state index contributed by atoms with van der Waals surface area (Å²) < 4.78 is 11.8. The maximum atomic E-state index is 11.6.